The highest BCUT2D eigenvalue weighted by Crippen LogP contribution is 2.26. The molecule has 1 saturated carbocycles. The van der Waals surface area contributed by atoms with E-state index in [-0.39, 0.29) is 6.10 Å². The third-order valence-corrected chi connectivity index (χ3v) is 3.63. The van der Waals surface area contributed by atoms with Gasteiger partial charge in [0.05, 0.1) is 17.5 Å². The van der Waals surface area contributed by atoms with Gasteiger partial charge in [0.25, 0.3) is 0 Å². The molecule has 4 rings (SSSR count). The number of ether oxygens (including phenoxy) is 1. The molecule has 3 heterocycles. The molecule has 0 aliphatic heterocycles. The van der Waals surface area contributed by atoms with Crippen LogP contribution in [0.25, 0.3) is 16.9 Å². The Morgan fingerprint density at radius 1 is 1.33 bits per heavy atom. The molecule has 0 radical (unpaired) electrons. The summed E-state index contributed by atoms with van der Waals surface area (Å²) in [5.74, 6) is 0.380. The van der Waals surface area contributed by atoms with Crippen molar-refractivity contribution >= 4 is 23.8 Å². The predicted octanol–water partition coefficient (Wildman–Crippen LogP) is 2.31. The van der Waals surface area contributed by atoms with Crippen LogP contribution < -0.4 is 5.32 Å². The number of hydrogen-bond acceptors (Lipinski definition) is 6. The van der Waals surface area contributed by atoms with E-state index in [1.807, 2.05) is 0 Å². The van der Waals surface area contributed by atoms with Gasteiger partial charge >= 0.3 is 6.09 Å². The van der Waals surface area contributed by atoms with Crippen LogP contribution in [0.5, 0.6) is 0 Å². The van der Waals surface area contributed by atoms with Gasteiger partial charge in [-0.25, -0.2) is 9.78 Å². The molecule has 120 valence electrons. The van der Waals surface area contributed by atoms with Gasteiger partial charge in [-0.15, -0.1) is 0 Å². The van der Waals surface area contributed by atoms with Crippen LogP contribution in [-0.2, 0) is 4.74 Å². The number of aldehydes is 1. The number of fused-ring (bicyclic) bond motifs is 1. The number of amides is 1. The average molecular weight is 323 g/mol. The SMILES string of the molecule is O=Cc1cnn2c(NC(=O)OC3CC3)cc(-c3ccncc3)nc12. The standard InChI is InChI=1S/C16H13N5O3/c22-9-11-8-18-21-14(20-16(23)24-12-1-2-12)7-13(19-15(11)21)10-3-5-17-6-4-10/h3-9,12H,1-2H2,(H,20,23). The zero-order valence-corrected chi connectivity index (χ0v) is 12.5. The molecule has 1 N–H and O–H groups in total. The lowest BCUT2D eigenvalue weighted by molar-refractivity contribution is 0.112. The first-order chi connectivity index (χ1) is 11.7. The van der Waals surface area contributed by atoms with Crippen LogP contribution in [0, 0.1) is 0 Å². The lowest BCUT2D eigenvalue weighted by atomic mass is 10.2. The Bertz CT molecular complexity index is 918. The maximum Gasteiger partial charge on any atom is 0.413 e. The molecule has 0 bridgehead atoms. The normalized spacial score (nSPS) is 13.7. The van der Waals surface area contributed by atoms with Crippen molar-refractivity contribution in [2.24, 2.45) is 0 Å². The van der Waals surface area contributed by atoms with Gasteiger partial charge < -0.3 is 4.74 Å². The molecule has 0 atom stereocenters. The van der Waals surface area contributed by atoms with E-state index in [1.165, 1.54) is 10.7 Å². The van der Waals surface area contributed by atoms with Crippen LogP contribution in [0.2, 0.25) is 0 Å². The quantitative estimate of drug-likeness (QED) is 0.740. The largest absolute Gasteiger partial charge is 0.446 e. The monoisotopic (exact) mass is 323 g/mol. The molecule has 8 nitrogen and oxygen atoms in total. The van der Waals surface area contributed by atoms with E-state index < -0.39 is 6.09 Å². The number of carbonyl (C=O) groups excluding carboxylic acids is 2. The van der Waals surface area contributed by atoms with E-state index in [0.717, 1.165) is 18.4 Å². The molecule has 8 heteroatoms. The first kappa shape index (κ1) is 14.3. The summed E-state index contributed by atoms with van der Waals surface area (Å²) in [5.41, 5.74) is 2.10. The fraction of sp³-hybridized carbons (Fsp3) is 0.188. The Labute approximate surface area is 136 Å². The zero-order chi connectivity index (χ0) is 16.5. The van der Waals surface area contributed by atoms with Crippen LogP contribution in [0.15, 0.2) is 36.8 Å². The lowest BCUT2D eigenvalue weighted by Crippen LogP contribution is -2.17. The van der Waals surface area contributed by atoms with Crippen molar-refractivity contribution in [1.29, 1.82) is 0 Å². The van der Waals surface area contributed by atoms with Gasteiger partial charge in [0.15, 0.2) is 11.9 Å². The fourth-order valence-corrected chi connectivity index (χ4v) is 2.29. The third kappa shape index (κ3) is 2.69. The molecule has 3 aromatic rings. The maximum absolute atomic E-state index is 12.0. The van der Waals surface area contributed by atoms with Crippen molar-refractivity contribution in [2.75, 3.05) is 5.32 Å². The number of pyridine rings is 1. The number of nitrogens with one attached hydrogen (secondary N) is 1. The summed E-state index contributed by atoms with van der Waals surface area (Å²) in [7, 11) is 0. The second-order valence-electron chi connectivity index (χ2n) is 5.45. The summed E-state index contributed by atoms with van der Waals surface area (Å²) in [6.07, 6.45) is 6.59. The highest BCUT2D eigenvalue weighted by molar-refractivity contribution is 5.88. The highest BCUT2D eigenvalue weighted by Gasteiger charge is 2.26. The maximum atomic E-state index is 12.0. The number of hydrogen-bond donors (Lipinski definition) is 1. The minimum Gasteiger partial charge on any atom is -0.446 e. The van der Waals surface area contributed by atoms with Crippen molar-refractivity contribution in [3.63, 3.8) is 0 Å². The Morgan fingerprint density at radius 2 is 2.12 bits per heavy atom. The van der Waals surface area contributed by atoms with Crippen LogP contribution in [0.3, 0.4) is 0 Å². The summed E-state index contributed by atoms with van der Waals surface area (Å²) in [4.78, 5) is 31.6. The van der Waals surface area contributed by atoms with E-state index in [9.17, 15) is 9.59 Å². The molecule has 0 spiro atoms. The molecule has 3 aromatic heterocycles. The molecular formula is C16H13N5O3. The topological polar surface area (TPSA) is 98.5 Å². The molecule has 0 aromatic carbocycles. The van der Waals surface area contributed by atoms with Crippen molar-refractivity contribution in [1.82, 2.24) is 19.6 Å². The summed E-state index contributed by atoms with van der Waals surface area (Å²) in [5, 5.41) is 6.78. The predicted molar refractivity (Wildman–Crippen MR) is 84.7 cm³/mol. The number of rotatable bonds is 4. The molecule has 1 aliphatic rings. The van der Waals surface area contributed by atoms with Gasteiger partial charge in [0, 0.05) is 24.0 Å². The summed E-state index contributed by atoms with van der Waals surface area (Å²) in [6.45, 7) is 0. The Kier molecular flexibility index (Phi) is 3.42. The number of aromatic nitrogens is 4. The third-order valence-electron chi connectivity index (χ3n) is 3.63. The van der Waals surface area contributed by atoms with Crippen molar-refractivity contribution in [3.8, 4) is 11.3 Å². The summed E-state index contributed by atoms with van der Waals surface area (Å²) >= 11 is 0. The first-order valence-electron chi connectivity index (χ1n) is 7.46. The van der Waals surface area contributed by atoms with E-state index in [2.05, 4.69) is 20.4 Å². The van der Waals surface area contributed by atoms with Crippen LogP contribution in [0.1, 0.15) is 23.2 Å². The molecular weight excluding hydrogens is 310 g/mol. The number of anilines is 1. The molecule has 1 fully saturated rings. The van der Waals surface area contributed by atoms with Crippen LogP contribution >= 0.6 is 0 Å². The van der Waals surface area contributed by atoms with E-state index >= 15 is 0 Å². The Balaban J connectivity index is 1.79. The van der Waals surface area contributed by atoms with Gasteiger partial charge in [0.1, 0.15) is 11.9 Å². The minimum atomic E-state index is -0.547. The highest BCUT2D eigenvalue weighted by atomic mass is 16.6. The average Bonchev–Trinajstić information content (AvgIpc) is 3.31. The van der Waals surface area contributed by atoms with Crippen molar-refractivity contribution in [2.45, 2.75) is 18.9 Å². The number of nitrogens with zero attached hydrogens (tertiary/aromatic N) is 4. The van der Waals surface area contributed by atoms with E-state index in [0.29, 0.717) is 29.0 Å². The minimum absolute atomic E-state index is 0.00912. The van der Waals surface area contributed by atoms with Gasteiger partial charge in [-0.05, 0) is 25.0 Å². The summed E-state index contributed by atoms with van der Waals surface area (Å²) in [6, 6.07) is 5.27. The first-order valence-corrected chi connectivity index (χ1v) is 7.46. The van der Waals surface area contributed by atoms with Gasteiger partial charge in [-0.3, -0.25) is 15.1 Å². The smallest absolute Gasteiger partial charge is 0.413 e. The molecule has 0 saturated heterocycles. The van der Waals surface area contributed by atoms with Gasteiger partial charge in [0.2, 0.25) is 0 Å². The molecule has 24 heavy (non-hydrogen) atoms. The Hall–Kier alpha value is -3.29. The van der Waals surface area contributed by atoms with Crippen LogP contribution in [0.4, 0.5) is 10.6 Å². The summed E-state index contributed by atoms with van der Waals surface area (Å²) < 4.78 is 6.61. The second kappa shape index (κ2) is 5.73. The van der Waals surface area contributed by atoms with Gasteiger partial charge in [-0.2, -0.15) is 9.61 Å². The second-order valence-corrected chi connectivity index (χ2v) is 5.45. The fourth-order valence-electron chi connectivity index (χ4n) is 2.29. The van der Waals surface area contributed by atoms with Crippen LogP contribution in [-0.4, -0.2) is 38.1 Å². The van der Waals surface area contributed by atoms with E-state index in [1.54, 1.807) is 30.6 Å². The Morgan fingerprint density at radius 3 is 2.83 bits per heavy atom. The van der Waals surface area contributed by atoms with Gasteiger partial charge in [-0.1, -0.05) is 0 Å². The van der Waals surface area contributed by atoms with Crippen molar-refractivity contribution < 1.29 is 14.3 Å². The zero-order valence-electron chi connectivity index (χ0n) is 12.5. The lowest BCUT2D eigenvalue weighted by Gasteiger charge is -2.10. The molecule has 1 aliphatic carbocycles. The molecule has 0 unspecified atom stereocenters. The van der Waals surface area contributed by atoms with E-state index in [4.69, 9.17) is 4.74 Å². The van der Waals surface area contributed by atoms with Crippen molar-refractivity contribution in [3.05, 3.63) is 42.4 Å². The molecule has 1 amide bonds. The number of carbonyl (C=O) groups is 2.